The van der Waals surface area contributed by atoms with Crippen molar-refractivity contribution < 1.29 is 9.47 Å². The van der Waals surface area contributed by atoms with E-state index in [1.807, 2.05) is 49.4 Å². The molecule has 0 saturated carbocycles. The number of hydrogen-bond donors (Lipinski definition) is 1. The Balaban J connectivity index is 2.08. The van der Waals surface area contributed by atoms with Crippen molar-refractivity contribution in [2.45, 2.75) is 19.4 Å². The van der Waals surface area contributed by atoms with Crippen molar-refractivity contribution in [3.05, 3.63) is 58.1 Å². The highest BCUT2D eigenvalue weighted by atomic mass is 79.9. The van der Waals surface area contributed by atoms with Gasteiger partial charge in [0.05, 0.1) is 18.2 Å². The summed E-state index contributed by atoms with van der Waals surface area (Å²) in [6, 6.07) is 13.9. The van der Waals surface area contributed by atoms with Crippen LogP contribution in [0.3, 0.4) is 0 Å². The SMILES string of the molecule is CCOc1ccc(C(N)Cc2ccc(OC)cc2)cc1Br. The number of halogens is 1. The maximum absolute atomic E-state index is 6.30. The van der Waals surface area contributed by atoms with Gasteiger partial charge in [-0.25, -0.2) is 0 Å². The molecular weight excluding hydrogens is 330 g/mol. The first-order chi connectivity index (χ1) is 10.1. The van der Waals surface area contributed by atoms with Crippen molar-refractivity contribution >= 4 is 15.9 Å². The summed E-state index contributed by atoms with van der Waals surface area (Å²) in [4.78, 5) is 0. The molecule has 0 amide bonds. The molecule has 0 aromatic heterocycles. The molecule has 0 aliphatic heterocycles. The standard InChI is InChI=1S/C17H20BrNO2/c1-3-21-17-9-6-13(11-15(17)18)16(19)10-12-4-7-14(20-2)8-5-12/h4-9,11,16H,3,10,19H2,1-2H3. The minimum Gasteiger partial charge on any atom is -0.497 e. The zero-order valence-electron chi connectivity index (χ0n) is 12.3. The second kappa shape index (κ2) is 7.48. The first-order valence-electron chi connectivity index (χ1n) is 6.94. The van der Waals surface area contributed by atoms with E-state index >= 15 is 0 Å². The maximum Gasteiger partial charge on any atom is 0.133 e. The summed E-state index contributed by atoms with van der Waals surface area (Å²) in [5, 5.41) is 0. The van der Waals surface area contributed by atoms with E-state index < -0.39 is 0 Å². The van der Waals surface area contributed by atoms with E-state index in [2.05, 4.69) is 15.9 Å². The minimum absolute atomic E-state index is 0.0506. The normalized spacial score (nSPS) is 12.0. The molecule has 0 spiro atoms. The van der Waals surface area contributed by atoms with Crippen LogP contribution in [0.2, 0.25) is 0 Å². The Morgan fingerprint density at radius 3 is 2.43 bits per heavy atom. The van der Waals surface area contributed by atoms with E-state index in [-0.39, 0.29) is 6.04 Å². The van der Waals surface area contributed by atoms with E-state index in [9.17, 15) is 0 Å². The highest BCUT2D eigenvalue weighted by Crippen LogP contribution is 2.29. The first-order valence-corrected chi connectivity index (χ1v) is 7.74. The Labute approximate surface area is 134 Å². The molecule has 0 aliphatic carbocycles. The number of benzene rings is 2. The second-order valence-corrected chi connectivity index (χ2v) is 5.64. The highest BCUT2D eigenvalue weighted by Gasteiger charge is 2.10. The van der Waals surface area contributed by atoms with E-state index in [1.165, 1.54) is 5.56 Å². The lowest BCUT2D eigenvalue weighted by atomic mass is 9.99. The van der Waals surface area contributed by atoms with Crippen LogP contribution in [0, 0.1) is 0 Å². The average Bonchev–Trinajstić information content (AvgIpc) is 2.50. The second-order valence-electron chi connectivity index (χ2n) is 4.78. The van der Waals surface area contributed by atoms with Gasteiger partial charge in [0, 0.05) is 6.04 Å². The van der Waals surface area contributed by atoms with Gasteiger partial charge in [0.2, 0.25) is 0 Å². The molecule has 2 aromatic rings. The van der Waals surface area contributed by atoms with Gasteiger partial charge in [-0.1, -0.05) is 18.2 Å². The molecular formula is C17H20BrNO2. The van der Waals surface area contributed by atoms with Gasteiger partial charge in [-0.05, 0) is 64.7 Å². The van der Waals surface area contributed by atoms with Crippen molar-refractivity contribution in [3.63, 3.8) is 0 Å². The lowest BCUT2D eigenvalue weighted by Gasteiger charge is -2.14. The fraction of sp³-hybridized carbons (Fsp3) is 0.294. The minimum atomic E-state index is -0.0506. The van der Waals surface area contributed by atoms with Crippen LogP contribution in [0.25, 0.3) is 0 Å². The van der Waals surface area contributed by atoms with E-state index in [0.29, 0.717) is 6.61 Å². The molecule has 2 N–H and O–H groups in total. The molecule has 0 radical (unpaired) electrons. The summed E-state index contributed by atoms with van der Waals surface area (Å²) in [6.45, 7) is 2.62. The predicted molar refractivity (Wildman–Crippen MR) is 88.9 cm³/mol. The molecule has 0 bridgehead atoms. The Morgan fingerprint density at radius 2 is 1.86 bits per heavy atom. The number of methoxy groups -OCH3 is 1. The summed E-state index contributed by atoms with van der Waals surface area (Å²) < 4.78 is 11.6. The van der Waals surface area contributed by atoms with Crippen molar-refractivity contribution in [2.75, 3.05) is 13.7 Å². The lowest BCUT2D eigenvalue weighted by molar-refractivity contribution is 0.338. The first kappa shape index (κ1) is 15.9. The van der Waals surface area contributed by atoms with Crippen molar-refractivity contribution in [1.82, 2.24) is 0 Å². The summed E-state index contributed by atoms with van der Waals surface area (Å²) in [7, 11) is 1.66. The van der Waals surface area contributed by atoms with Crippen LogP contribution in [0.4, 0.5) is 0 Å². The number of hydrogen-bond acceptors (Lipinski definition) is 3. The van der Waals surface area contributed by atoms with E-state index in [0.717, 1.165) is 28.0 Å². The fourth-order valence-electron chi connectivity index (χ4n) is 2.15. The number of nitrogens with two attached hydrogens (primary N) is 1. The molecule has 2 aromatic carbocycles. The largest absolute Gasteiger partial charge is 0.497 e. The summed E-state index contributed by atoms with van der Waals surface area (Å²) in [6.07, 6.45) is 0.782. The Hall–Kier alpha value is -1.52. The van der Waals surface area contributed by atoms with Gasteiger partial charge in [-0.2, -0.15) is 0 Å². The predicted octanol–water partition coefficient (Wildman–Crippen LogP) is 4.10. The monoisotopic (exact) mass is 349 g/mol. The van der Waals surface area contributed by atoms with Crippen molar-refractivity contribution in [2.24, 2.45) is 5.73 Å². The Kier molecular flexibility index (Phi) is 5.65. The van der Waals surface area contributed by atoms with Gasteiger partial charge >= 0.3 is 0 Å². The molecule has 0 saturated heterocycles. The highest BCUT2D eigenvalue weighted by molar-refractivity contribution is 9.10. The van der Waals surface area contributed by atoms with Gasteiger partial charge in [0.15, 0.2) is 0 Å². The van der Waals surface area contributed by atoms with Gasteiger partial charge in [0.25, 0.3) is 0 Å². The average molecular weight is 350 g/mol. The third kappa shape index (κ3) is 4.22. The van der Waals surface area contributed by atoms with Crippen LogP contribution in [-0.4, -0.2) is 13.7 Å². The van der Waals surface area contributed by atoms with Crippen LogP contribution in [0.1, 0.15) is 24.1 Å². The molecule has 21 heavy (non-hydrogen) atoms. The molecule has 1 atom stereocenters. The lowest BCUT2D eigenvalue weighted by Crippen LogP contribution is -2.13. The molecule has 112 valence electrons. The quantitative estimate of drug-likeness (QED) is 0.853. The van der Waals surface area contributed by atoms with Crippen LogP contribution < -0.4 is 15.2 Å². The van der Waals surface area contributed by atoms with Crippen LogP contribution in [0.15, 0.2) is 46.9 Å². The molecule has 1 unspecified atom stereocenters. The summed E-state index contributed by atoms with van der Waals surface area (Å²) in [5.74, 6) is 1.70. The molecule has 2 rings (SSSR count). The number of ether oxygens (including phenoxy) is 2. The molecule has 0 fully saturated rings. The smallest absolute Gasteiger partial charge is 0.133 e. The Morgan fingerprint density at radius 1 is 1.14 bits per heavy atom. The zero-order valence-corrected chi connectivity index (χ0v) is 13.9. The van der Waals surface area contributed by atoms with Crippen LogP contribution >= 0.6 is 15.9 Å². The van der Waals surface area contributed by atoms with Gasteiger partial charge < -0.3 is 15.2 Å². The fourth-order valence-corrected chi connectivity index (χ4v) is 2.66. The molecule has 3 nitrogen and oxygen atoms in total. The maximum atomic E-state index is 6.30. The summed E-state index contributed by atoms with van der Waals surface area (Å²) in [5.41, 5.74) is 8.57. The van der Waals surface area contributed by atoms with Crippen LogP contribution in [0.5, 0.6) is 11.5 Å². The summed E-state index contributed by atoms with van der Waals surface area (Å²) >= 11 is 3.52. The molecule has 0 heterocycles. The van der Waals surface area contributed by atoms with Gasteiger partial charge in [-0.15, -0.1) is 0 Å². The molecule has 0 aliphatic rings. The van der Waals surface area contributed by atoms with Gasteiger partial charge in [-0.3, -0.25) is 0 Å². The van der Waals surface area contributed by atoms with Crippen molar-refractivity contribution in [3.8, 4) is 11.5 Å². The van der Waals surface area contributed by atoms with E-state index in [1.54, 1.807) is 7.11 Å². The molecule has 4 heteroatoms. The third-order valence-corrected chi connectivity index (χ3v) is 3.92. The topological polar surface area (TPSA) is 44.5 Å². The number of rotatable bonds is 6. The Bertz CT molecular complexity index is 584. The van der Waals surface area contributed by atoms with Crippen LogP contribution in [-0.2, 0) is 6.42 Å². The van der Waals surface area contributed by atoms with Crippen molar-refractivity contribution in [1.29, 1.82) is 0 Å². The third-order valence-electron chi connectivity index (χ3n) is 3.30. The van der Waals surface area contributed by atoms with Gasteiger partial charge in [0.1, 0.15) is 11.5 Å². The zero-order chi connectivity index (χ0) is 15.2. The van der Waals surface area contributed by atoms with E-state index in [4.69, 9.17) is 15.2 Å².